The first kappa shape index (κ1) is 13.1. The molecule has 1 aromatic heterocycles. The van der Waals surface area contributed by atoms with Crippen LogP contribution in [0.15, 0.2) is 12.4 Å². The molecule has 0 fully saturated rings. The Bertz CT molecular complexity index is 417. The highest BCUT2D eigenvalue weighted by Gasteiger charge is 2.19. The minimum Gasteiger partial charge on any atom is -0.381 e. The number of aryl methyl sites for hydroxylation is 1. The van der Waals surface area contributed by atoms with Crippen LogP contribution in [0.1, 0.15) is 11.6 Å². The van der Waals surface area contributed by atoms with Crippen LogP contribution in [0.4, 0.5) is 0 Å². The van der Waals surface area contributed by atoms with Gasteiger partial charge in [0, 0.05) is 18.8 Å². The third kappa shape index (κ3) is 3.54. The molecule has 0 aliphatic carbocycles. The number of carbonyl (C=O) groups is 2. The lowest BCUT2D eigenvalue weighted by Crippen LogP contribution is -2.43. The van der Waals surface area contributed by atoms with E-state index in [-0.39, 0.29) is 6.54 Å². The molecule has 8 nitrogen and oxygen atoms in total. The largest absolute Gasteiger partial charge is 0.381 e. The van der Waals surface area contributed by atoms with Crippen molar-refractivity contribution in [1.29, 1.82) is 0 Å². The topological polar surface area (TPSA) is 136 Å². The number of primary amides is 1. The molecule has 0 aliphatic rings. The van der Waals surface area contributed by atoms with Gasteiger partial charge in [-0.2, -0.15) is 5.10 Å². The number of aromatic nitrogens is 2. The number of nitrogens with one attached hydrogen (secondary N) is 1. The van der Waals surface area contributed by atoms with Gasteiger partial charge in [0.05, 0.1) is 12.7 Å². The fraction of sp³-hybridized carbons (Fsp3) is 0.444. The highest BCUT2D eigenvalue weighted by molar-refractivity contribution is 5.84. The lowest BCUT2D eigenvalue weighted by Gasteiger charge is -2.12. The number of nitrogens with zero attached hydrogens (tertiary/aromatic N) is 2. The van der Waals surface area contributed by atoms with Crippen molar-refractivity contribution in [2.24, 2.45) is 18.5 Å². The van der Waals surface area contributed by atoms with Crippen LogP contribution < -0.4 is 16.8 Å². The van der Waals surface area contributed by atoms with E-state index in [1.165, 1.54) is 10.9 Å². The van der Waals surface area contributed by atoms with Crippen LogP contribution in [0.5, 0.6) is 0 Å². The number of hydrogen-bond donors (Lipinski definition) is 4. The summed E-state index contributed by atoms with van der Waals surface area (Å²) in [7, 11) is 1.70. The summed E-state index contributed by atoms with van der Waals surface area (Å²) in [5.41, 5.74) is 11.0. The van der Waals surface area contributed by atoms with Gasteiger partial charge in [0.25, 0.3) is 0 Å². The SMILES string of the molecule is Cn1cc(C(N)C(=O)NCC(O)C(N)=O)cn1. The molecule has 2 atom stereocenters. The van der Waals surface area contributed by atoms with Crippen molar-refractivity contribution in [3.05, 3.63) is 18.0 Å². The fourth-order valence-electron chi connectivity index (χ4n) is 1.16. The van der Waals surface area contributed by atoms with Crippen LogP contribution in [0.25, 0.3) is 0 Å². The first-order valence-electron chi connectivity index (χ1n) is 4.91. The Morgan fingerprint density at radius 1 is 1.65 bits per heavy atom. The summed E-state index contributed by atoms with van der Waals surface area (Å²) in [4.78, 5) is 22.1. The van der Waals surface area contributed by atoms with Gasteiger partial charge < -0.3 is 21.9 Å². The summed E-state index contributed by atoms with van der Waals surface area (Å²) >= 11 is 0. The number of rotatable bonds is 5. The quantitative estimate of drug-likeness (QED) is 0.447. The molecule has 1 aromatic rings. The Morgan fingerprint density at radius 2 is 2.29 bits per heavy atom. The van der Waals surface area contributed by atoms with E-state index in [2.05, 4.69) is 10.4 Å². The maximum Gasteiger partial charge on any atom is 0.248 e. The van der Waals surface area contributed by atoms with E-state index in [0.29, 0.717) is 5.56 Å². The van der Waals surface area contributed by atoms with E-state index in [1.807, 2.05) is 0 Å². The predicted molar refractivity (Wildman–Crippen MR) is 58.3 cm³/mol. The molecule has 6 N–H and O–H groups in total. The standard InChI is InChI=1S/C9H15N5O3/c1-14-4-5(2-13-14)7(10)9(17)12-3-6(15)8(11)16/h2,4,6-7,15H,3,10H2,1H3,(H2,11,16)(H,12,17). The van der Waals surface area contributed by atoms with Crippen LogP contribution in [0, 0.1) is 0 Å². The number of aliphatic hydroxyl groups is 1. The first-order valence-corrected chi connectivity index (χ1v) is 4.91. The lowest BCUT2D eigenvalue weighted by molar-refractivity contribution is -0.127. The third-order valence-electron chi connectivity index (χ3n) is 2.16. The van der Waals surface area contributed by atoms with E-state index >= 15 is 0 Å². The number of hydrogen-bond acceptors (Lipinski definition) is 5. The molecule has 0 saturated carbocycles. The van der Waals surface area contributed by atoms with Crippen molar-refractivity contribution in [1.82, 2.24) is 15.1 Å². The van der Waals surface area contributed by atoms with E-state index in [4.69, 9.17) is 16.6 Å². The van der Waals surface area contributed by atoms with E-state index in [1.54, 1.807) is 13.2 Å². The third-order valence-corrected chi connectivity index (χ3v) is 2.16. The molecule has 1 heterocycles. The summed E-state index contributed by atoms with van der Waals surface area (Å²) < 4.78 is 1.51. The Labute approximate surface area is 97.6 Å². The number of amides is 2. The molecule has 17 heavy (non-hydrogen) atoms. The molecule has 0 bridgehead atoms. The van der Waals surface area contributed by atoms with Gasteiger partial charge in [-0.25, -0.2) is 0 Å². The molecule has 1 rings (SSSR count). The van der Waals surface area contributed by atoms with Gasteiger partial charge in [0.1, 0.15) is 12.1 Å². The Balaban J connectivity index is 2.50. The summed E-state index contributed by atoms with van der Waals surface area (Å²) in [5, 5.41) is 15.3. The second-order valence-corrected chi connectivity index (χ2v) is 3.59. The van der Waals surface area contributed by atoms with Crippen molar-refractivity contribution in [3.63, 3.8) is 0 Å². The molecule has 0 saturated heterocycles. The number of aliphatic hydroxyl groups excluding tert-OH is 1. The highest BCUT2D eigenvalue weighted by Crippen LogP contribution is 2.07. The lowest BCUT2D eigenvalue weighted by atomic mass is 10.1. The minimum atomic E-state index is -1.42. The van der Waals surface area contributed by atoms with Crippen molar-refractivity contribution >= 4 is 11.8 Å². The van der Waals surface area contributed by atoms with E-state index in [9.17, 15) is 9.59 Å². The summed E-state index contributed by atoms with van der Waals surface area (Å²) in [6.45, 7) is -0.262. The van der Waals surface area contributed by atoms with Crippen LogP contribution in [0.3, 0.4) is 0 Å². The van der Waals surface area contributed by atoms with Crippen molar-refractivity contribution in [3.8, 4) is 0 Å². The van der Waals surface area contributed by atoms with Crippen LogP contribution in [-0.4, -0.2) is 39.4 Å². The summed E-state index contributed by atoms with van der Waals surface area (Å²) in [5.74, 6) is -1.42. The molecule has 0 aromatic carbocycles. The van der Waals surface area contributed by atoms with Crippen molar-refractivity contribution in [2.75, 3.05) is 6.54 Å². The van der Waals surface area contributed by atoms with Gasteiger partial charge in [-0.1, -0.05) is 0 Å². The Kier molecular flexibility index (Phi) is 4.18. The van der Waals surface area contributed by atoms with Crippen molar-refractivity contribution < 1.29 is 14.7 Å². The molecule has 0 aliphatic heterocycles. The maximum atomic E-state index is 11.5. The predicted octanol–water partition coefficient (Wildman–Crippen LogP) is -2.62. The average molecular weight is 241 g/mol. The van der Waals surface area contributed by atoms with E-state index in [0.717, 1.165) is 0 Å². The van der Waals surface area contributed by atoms with Gasteiger partial charge in [0.15, 0.2) is 0 Å². The summed E-state index contributed by atoms with van der Waals surface area (Å²) in [6.07, 6.45) is 1.66. The smallest absolute Gasteiger partial charge is 0.248 e. The van der Waals surface area contributed by atoms with Gasteiger partial charge in [0.2, 0.25) is 11.8 Å². The number of nitrogens with two attached hydrogens (primary N) is 2. The zero-order valence-corrected chi connectivity index (χ0v) is 9.33. The number of carbonyl (C=O) groups excluding carboxylic acids is 2. The molecule has 2 amide bonds. The van der Waals surface area contributed by atoms with Crippen molar-refractivity contribution in [2.45, 2.75) is 12.1 Å². The highest BCUT2D eigenvalue weighted by atomic mass is 16.3. The first-order chi connectivity index (χ1) is 7.91. The molecule has 0 spiro atoms. The van der Waals surface area contributed by atoms with E-state index < -0.39 is 24.0 Å². The monoisotopic (exact) mass is 241 g/mol. The maximum absolute atomic E-state index is 11.5. The molecule has 8 heteroatoms. The van der Waals surface area contributed by atoms with Gasteiger partial charge in [-0.15, -0.1) is 0 Å². The molecule has 94 valence electrons. The summed E-state index contributed by atoms with van der Waals surface area (Å²) in [6, 6.07) is -0.899. The van der Waals surface area contributed by atoms with Gasteiger partial charge in [-0.05, 0) is 0 Å². The van der Waals surface area contributed by atoms with Crippen LogP contribution >= 0.6 is 0 Å². The molecular formula is C9H15N5O3. The Morgan fingerprint density at radius 3 is 2.76 bits per heavy atom. The molecule has 0 radical (unpaired) electrons. The molecular weight excluding hydrogens is 226 g/mol. The zero-order valence-electron chi connectivity index (χ0n) is 9.33. The van der Waals surface area contributed by atoms with Crippen LogP contribution in [0.2, 0.25) is 0 Å². The van der Waals surface area contributed by atoms with Crippen LogP contribution in [-0.2, 0) is 16.6 Å². The minimum absolute atomic E-state index is 0.262. The van der Waals surface area contributed by atoms with Gasteiger partial charge >= 0.3 is 0 Å². The molecule has 2 unspecified atom stereocenters. The average Bonchev–Trinajstić information content (AvgIpc) is 2.70. The zero-order chi connectivity index (χ0) is 13.0. The second kappa shape index (κ2) is 5.41. The second-order valence-electron chi connectivity index (χ2n) is 3.59. The normalized spacial score (nSPS) is 14.1. The fourth-order valence-corrected chi connectivity index (χ4v) is 1.16. The van der Waals surface area contributed by atoms with Gasteiger partial charge in [-0.3, -0.25) is 14.3 Å². The Hall–Kier alpha value is -1.93.